The van der Waals surface area contributed by atoms with Crippen LogP contribution in [0.5, 0.6) is 0 Å². The van der Waals surface area contributed by atoms with Crippen molar-refractivity contribution in [1.29, 1.82) is 0 Å². The van der Waals surface area contributed by atoms with Gasteiger partial charge in [0.1, 0.15) is 19.3 Å². The molecule has 0 saturated carbocycles. The molecule has 96 heavy (non-hydrogen) atoms. The quantitative estimate of drug-likeness (QED) is 0.0169. The van der Waals surface area contributed by atoms with Crippen LogP contribution in [0.1, 0.15) is 233 Å². The van der Waals surface area contributed by atoms with Crippen molar-refractivity contribution in [3.8, 4) is 0 Å². The largest absolute Gasteiger partial charge is 0.472 e. The average Bonchev–Trinajstić information content (AvgIpc) is 1.11. The summed E-state index contributed by atoms with van der Waals surface area (Å²) in [5, 5.41) is 10.6. The fraction of sp³-hybridized carbons (Fsp3) is 0.584. The minimum absolute atomic E-state index is 0.0247. The van der Waals surface area contributed by atoms with Gasteiger partial charge in [-0.05, 0) is 148 Å². The Balaban J connectivity index is 5.50. The van der Waals surface area contributed by atoms with Gasteiger partial charge in [-0.1, -0.05) is 230 Å². The van der Waals surface area contributed by atoms with Crippen LogP contribution in [0.3, 0.4) is 0 Å². The number of hydrogen-bond donors (Lipinski definition) is 3. The van der Waals surface area contributed by atoms with E-state index >= 15 is 0 Å². The third-order valence-corrected chi connectivity index (χ3v) is 15.6. The van der Waals surface area contributed by atoms with E-state index in [0.29, 0.717) is 32.1 Å². The molecule has 0 aromatic carbocycles. The van der Waals surface area contributed by atoms with Gasteiger partial charge in [-0.3, -0.25) is 37.3 Å². The minimum Gasteiger partial charge on any atom is -0.462 e. The van der Waals surface area contributed by atoms with Crippen molar-refractivity contribution in [1.82, 2.24) is 0 Å². The smallest absolute Gasteiger partial charge is 0.462 e. The molecular weight excluding hydrogens is 1260 g/mol. The van der Waals surface area contributed by atoms with Crippen LogP contribution >= 0.6 is 15.6 Å². The van der Waals surface area contributed by atoms with Crippen LogP contribution in [0.4, 0.5) is 0 Å². The SMILES string of the molecule is CC/C=C\C/C=C\C/C=C\C/C=C\C/C=C\CC(=O)OCC(COP(=O)(O)OCC(O)COP(=O)(O)OCC(COC(=O)CCCC/C=C\C/C=C\C/C=C\C/C=C\CC)OC(=O)CCCC/C=C\C/C=C\C/C=C\C/C=C\CC)OC(=O)CCCCCCC/C=C\CCCC. The zero-order valence-electron chi connectivity index (χ0n) is 58.7. The number of phosphoric acid groups is 2. The molecule has 0 aliphatic heterocycles. The highest BCUT2D eigenvalue weighted by Gasteiger charge is 2.30. The molecule has 0 aromatic heterocycles. The Morgan fingerprint density at radius 2 is 0.583 bits per heavy atom. The molecule has 5 atom stereocenters. The molecule has 0 bridgehead atoms. The molecule has 5 unspecified atom stereocenters. The Kier molecular flexibility index (Phi) is 64.0. The summed E-state index contributed by atoms with van der Waals surface area (Å²) in [6, 6.07) is 0. The van der Waals surface area contributed by atoms with Crippen LogP contribution in [0, 0.1) is 0 Å². The van der Waals surface area contributed by atoms with E-state index in [1.807, 2.05) is 24.3 Å². The lowest BCUT2D eigenvalue weighted by atomic mass is 10.1. The van der Waals surface area contributed by atoms with E-state index < -0.39 is 97.5 Å². The van der Waals surface area contributed by atoms with E-state index in [9.17, 15) is 43.2 Å². The number of carbonyl (C=O) groups is 4. The number of carbonyl (C=O) groups excluding carboxylic acids is 4. The molecule has 0 aromatic rings. The van der Waals surface area contributed by atoms with Gasteiger partial charge in [0, 0.05) is 19.3 Å². The van der Waals surface area contributed by atoms with Gasteiger partial charge in [-0.25, -0.2) is 9.13 Å². The van der Waals surface area contributed by atoms with Crippen molar-refractivity contribution in [2.45, 2.75) is 251 Å². The Labute approximate surface area is 578 Å². The van der Waals surface area contributed by atoms with Crippen LogP contribution in [0.25, 0.3) is 0 Å². The molecule has 0 saturated heterocycles. The molecule has 0 amide bonds. The second kappa shape index (κ2) is 68.0. The highest BCUT2D eigenvalue weighted by Crippen LogP contribution is 2.45. The Bertz CT molecular complexity index is 2500. The molecule has 0 radical (unpaired) electrons. The normalized spacial score (nSPS) is 15.0. The van der Waals surface area contributed by atoms with Crippen molar-refractivity contribution in [3.05, 3.63) is 170 Å². The lowest BCUT2D eigenvalue weighted by Gasteiger charge is -2.21. The summed E-state index contributed by atoms with van der Waals surface area (Å²) >= 11 is 0. The lowest BCUT2D eigenvalue weighted by molar-refractivity contribution is -0.161. The van der Waals surface area contributed by atoms with Crippen molar-refractivity contribution >= 4 is 39.5 Å². The molecule has 3 N–H and O–H groups in total. The predicted molar refractivity (Wildman–Crippen MR) is 390 cm³/mol. The van der Waals surface area contributed by atoms with E-state index in [1.165, 1.54) is 6.42 Å². The van der Waals surface area contributed by atoms with Crippen molar-refractivity contribution < 1.29 is 80.2 Å². The molecule has 0 aliphatic rings. The number of esters is 4. The molecule has 0 spiro atoms. The fourth-order valence-electron chi connectivity index (χ4n) is 8.37. The Hall–Kier alpha value is -5.58. The van der Waals surface area contributed by atoms with Gasteiger partial charge in [0.05, 0.1) is 32.8 Å². The van der Waals surface area contributed by atoms with E-state index in [2.05, 4.69) is 167 Å². The van der Waals surface area contributed by atoms with E-state index in [0.717, 1.165) is 141 Å². The highest BCUT2D eigenvalue weighted by atomic mass is 31.2. The summed E-state index contributed by atoms with van der Waals surface area (Å²) < 4.78 is 68.0. The van der Waals surface area contributed by atoms with Gasteiger partial charge >= 0.3 is 39.5 Å². The van der Waals surface area contributed by atoms with E-state index in [1.54, 1.807) is 6.08 Å². The topological polar surface area (TPSA) is 237 Å². The van der Waals surface area contributed by atoms with Gasteiger partial charge in [0.15, 0.2) is 12.2 Å². The predicted octanol–water partition coefficient (Wildman–Crippen LogP) is 19.9. The number of allylic oxidation sites excluding steroid dienone is 27. The molecule has 0 aliphatic carbocycles. The number of rotatable bonds is 64. The fourth-order valence-corrected chi connectivity index (χ4v) is 9.95. The number of unbranched alkanes of at least 4 members (excludes halogenated alkanes) is 11. The van der Waals surface area contributed by atoms with Crippen LogP contribution in [-0.4, -0.2) is 96.7 Å². The maximum Gasteiger partial charge on any atom is 0.472 e. The standard InChI is InChI=1S/C77H122O17P2/c1-5-9-13-17-21-25-29-32-35-38-42-45-49-53-57-61-74(79)87-67-72(93-76(81)63-59-55-51-47-41-28-24-20-16-12-8-4)69-91-95(83,84)89-65-71(78)66-90-96(85,86)92-70-73(94-77(82)64-60-56-52-48-44-40-37-34-31-27-23-19-15-11-7-3)68-88-75(80)62-58-54-50-46-43-39-36-33-30-26-22-18-14-10-6-2/h9-11,13-15,20-27,32-37,42-46,48,53,57,71-73,78H,5-8,12,16-19,28-31,38-41,47,49-52,54-56,58-70H2,1-4H3,(H,83,84)(H,85,86)/b13-9-,14-10-,15-11-,24-20-,25-21-,26-22-,27-23-,35-32-,36-33-,37-34-,45-42-,46-43-,48-44-,57-53-. The van der Waals surface area contributed by atoms with Gasteiger partial charge in [0.2, 0.25) is 0 Å². The molecule has 19 heteroatoms. The Morgan fingerprint density at radius 1 is 0.312 bits per heavy atom. The van der Waals surface area contributed by atoms with Crippen LogP contribution in [0.15, 0.2) is 170 Å². The first-order chi connectivity index (χ1) is 46.7. The van der Waals surface area contributed by atoms with Gasteiger partial charge in [-0.15, -0.1) is 0 Å². The van der Waals surface area contributed by atoms with Crippen molar-refractivity contribution in [2.75, 3.05) is 39.6 Å². The first-order valence-corrected chi connectivity index (χ1v) is 38.4. The number of aliphatic hydroxyl groups excluding tert-OH is 1. The average molecular weight is 1380 g/mol. The third-order valence-electron chi connectivity index (χ3n) is 13.7. The zero-order valence-corrected chi connectivity index (χ0v) is 60.5. The second-order valence-electron chi connectivity index (χ2n) is 22.7. The maximum atomic E-state index is 13.0. The second-order valence-corrected chi connectivity index (χ2v) is 25.6. The molecule has 542 valence electrons. The molecule has 0 heterocycles. The highest BCUT2D eigenvalue weighted by molar-refractivity contribution is 7.47. The molecular formula is C77H122O17P2. The van der Waals surface area contributed by atoms with Gasteiger partial charge < -0.3 is 33.8 Å². The number of hydrogen-bond acceptors (Lipinski definition) is 15. The summed E-state index contributed by atoms with van der Waals surface area (Å²) in [4.78, 5) is 72.5. The number of aliphatic hydroxyl groups is 1. The van der Waals surface area contributed by atoms with Crippen LogP contribution in [0.2, 0.25) is 0 Å². The first-order valence-electron chi connectivity index (χ1n) is 35.4. The zero-order chi connectivity index (χ0) is 70.4. The van der Waals surface area contributed by atoms with E-state index in [-0.39, 0.29) is 25.7 Å². The first kappa shape index (κ1) is 90.4. The lowest BCUT2D eigenvalue weighted by Crippen LogP contribution is -2.30. The summed E-state index contributed by atoms with van der Waals surface area (Å²) in [5.74, 6) is -2.45. The van der Waals surface area contributed by atoms with Crippen molar-refractivity contribution in [2.24, 2.45) is 0 Å². The molecule has 0 fully saturated rings. The third kappa shape index (κ3) is 67.0. The van der Waals surface area contributed by atoms with Crippen molar-refractivity contribution in [3.63, 3.8) is 0 Å². The summed E-state index contributed by atoms with van der Waals surface area (Å²) in [5.41, 5.74) is 0. The minimum atomic E-state index is -5.00. The number of ether oxygens (including phenoxy) is 4. The Morgan fingerprint density at radius 3 is 0.958 bits per heavy atom. The molecule has 17 nitrogen and oxygen atoms in total. The van der Waals surface area contributed by atoms with Crippen LogP contribution < -0.4 is 0 Å². The maximum absolute atomic E-state index is 13.0. The number of phosphoric ester groups is 2. The van der Waals surface area contributed by atoms with E-state index in [4.69, 9.17) is 37.0 Å². The van der Waals surface area contributed by atoms with Gasteiger partial charge in [-0.2, -0.15) is 0 Å². The van der Waals surface area contributed by atoms with Gasteiger partial charge in [0.25, 0.3) is 0 Å². The summed E-state index contributed by atoms with van der Waals surface area (Å²) in [6.45, 7) is 4.20. The monoisotopic (exact) mass is 1380 g/mol. The molecule has 0 rings (SSSR count). The summed E-state index contributed by atoms with van der Waals surface area (Å²) in [7, 11) is -10.0. The van der Waals surface area contributed by atoms with Crippen LogP contribution in [-0.2, 0) is 65.4 Å². The summed E-state index contributed by atoms with van der Waals surface area (Å²) in [6.07, 6.45) is 78.4.